The highest BCUT2D eigenvalue weighted by molar-refractivity contribution is 7.89. The van der Waals surface area contributed by atoms with Gasteiger partial charge in [-0.3, -0.25) is 23.7 Å². The van der Waals surface area contributed by atoms with Crippen molar-refractivity contribution in [1.82, 2.24) is 23.7 Å². The van der Waals surface area contributed by atoms with Crippen LogP contribution in [0, 0.1) is 0 Å². The second kappa shape index (κ2) is 9.90. The van der Waals surface area contributed by atoms with Crippen molar-refractivity contribution in [2.24, 2.45) is 7.05 Å². The molecule has 1 aliphatic rings. The lowest BCUT2D eigenvalue weighted by atomic mass is 10.2. The number of hydrogen-bond acceptors (Lipinski definition) is 6. The molecule has 2 aromatic heterocycles. The van der Waals surface area contributed by atoms with Crippen molar-refractivity contribution < 1.29 is 13.2 Å². The van der Waals surface area contributed by atoms with E-state index < -0.39 is 21.3 Å². The molecule has 0 spiro atoms. The Kier molecular flexibility index (Phi) is 6.94. The molecule has 0 atom stereocenters. The summed E-state index contributed by atoms with van der Waals surface area (Å²) in [6, 6.07) is 7.47. The van der Waals surface area contributed by atoms with Crippen LogP contribution >= 0.6 is 0 Å². The number of rotatable bonds is 6. The van der Waals surface area contributed by atoms with E-state index in [9.17, 15) is 22.8 Å². The van der Waals surface area contributed by atoms with Crippen LogP contribution in [0.3, 0.4) is 0 Å². The van der Waals surface area contributed by atoms with Crippen molar-refractivity contribution in [3.05, 3.63) is 69.1 Å². The summed E-state index contributed by atoms with van der Waals surface area (Å²) in [7, 11) is -2.44. The molecule has 0 aliphatic carbocycles. The summed E-state index contributed by atoms with van der Waals surface area (Å²) in [5, 5.41) is 0.0509. The van der Waals surface area contributed by atoms with Gasteiger partial charge in [0.05, 0.1) is 15.8 Å². The molecule has 0 bridgehead atoms. The summed E-state index contributed by atoms with van der Waals surface area (Å²) >= 11 is 0. The molecule has 3 heterocycles. The van der Waals surface area contributed by atoms with E-state index in [1.54, 1.807) is 29.4 Å². The molecule has 0 radical (unpaired) electrons. The number of benzene rings is 1. The molecular weight excluding hydrogens is 458 g/mol. The maximum Gasteiger partial charge on any atom is 0.331 e. The average Bonchev–Trinajstić information content (AvgIpc) is 3.14. The Morgan fingerprint density at radius 2 is 1.82 bits per heavy atom. The highest BCUT2D eigenvalue weighted by Gasteiger charge is 2.21. The third-order valence-corrected chi connectivity index (χ3v) is 7.47. The number of aromatic nitrogens is 3. The number of likely N-dealkylation sites (tertiary alicyclic amines) is 1. The van der Waals surface area contributed by atoms with Crippen molar-refractivity contribution in [2.75, 3.05) is 13.1 Å². The van der Waals surface area contributed by atoms with E-state index in [1.807, 2.05) is 0 Å². The average molecular weight is 486 g/mol. The first kappa shape index (κ1) is 23.8. The van der Waals surface area contributed by atoms with Gasteiger partial charge in [-0.2, -0.15) is 0 Å². The fraction of sp³-hybridized carbons (Fsp3) is 0.391. The summed E-state index contributed by atoms with van der Waals surface area (Å²) < 4.78 is 30.3. The third-order valence-electron chi connectivity index (χ3n) is 6.07. The third kappa shape index (κ3) is 4.95. The van der Waals surface area contributed by atoms with Crippen molar-refractivity contribution in [1.29, 1.82) is 0 Å². The number of nitrogens with one attached hydrogen (secondary N) is 1. The van der Waals surface area contributed by atoms with Gasteiger partial charge < -0.3 is 4.90 Å². The number of carbonyl (C=O) groups excluding carboxylic acids is 1. The minimum absolute atomic E-state index is 0.0378. The molecule has 0 unspecified atom stereocenters. The van der Waals surface area contributed by atoms with Gasteiger partial charge in [-0.15, -0.1) is 0 Å². The van der Waals surface area contributed by atoms with Gasteiger partial charge in [-0.1, -0.05) is 18.9 Å². The van der Waals surface area contributed by atoms with Crippen LogP contribution in [0.1, 0.15) is 31.2 Å². The van der Waals surface area contributed by atoms with Gasteiger partial charge in [0.2, 0.25) is 15.9 Å². The second-order valence-corrected chi connectivity index (χ2v) is 10.2. The molecule has 0 saturated carbocycles. The first-order valence-electron chi connectivity index (χ1n) is 11.2. The molecule has 34 heavy (non-hydrogen) atoms. The van der Waals surface area contributed by atoms with Crippen LogP contribution in [-0.2, 0) is 35.0 Å². The Morgan fingerprint density at radius 3 is 2.50 bits per heavy atom. The Balaban J connectivity index is 1.67. The maximum absolute atomic E-state index is 13.2. The Bertz CT molecular complexity index is 1420. The van der Waals surface area contributed by atoms with E-state index in [-0.39, 0.29) is 29.3 Å². The normalized spacial score (nSPS) is 14.8. The molecular formula is C23H27N5O5S. The van der Waals surface area contributed by atoms with Crippen LogP contribution in [0.25, 0.3) is 10.9 Å². The van der Waals surface area contributed by atoms with E-state index in [1.165, 1.54) is 29.8 Å². The van der Waals surface area contributed by atoms with Crippen LogP contribution in [-0.4, -0.2) is 46.4 Å². The largest absolute Gasteiger partial charge is 0.341 e. The van der Waals surface area contributed by atoms with Gasteiger partial charge in [0.15, 0.2) is 0 Å². The molecule has 1 fully saturated rings. The molecule has 1 aliphatic heterocycles. The lowest BCUT2D eigenvalue weighted by molar-refractivity contribution is -0.131. The lowest BCUT2D eigenvalue weighted by Gasteiger charge is -2.21. The van der Waals surface area contributed by atoms with Gasteiger partial charge in [0.1, 0.15) is 6.54 Å². The van der Waals surface area contributed by atoms with E-state index in [4.69, 9.17) is 0 Å². The first-order chi connectivity index (χ1) is 16.3. The molecule has 11 heteroatoms. The number of sulfonamides is 1. The molecule has 1 aromatic carbocycles. The van der Waals surface area contributed by atoms with E-state index in [2.05, 4.69) is 9.71 Å². The zero-order valence-electron chi connectivity index (χ0n) is 18.9. The number of fused-ring (bicyclic) bond motifs is 1. The monoisotopic (exact) mass is 485 g/mol. The molecule has 4 rings (SSSR count). The van der Waals surface area contributed by atoms with Crippen LogP contribution in [0.15, 0.2) is 57.2 Å². The topological polar surface area (TPSA) is 123 Å². The van der Waals surface area contributed by atoms with Gasteiger partial charge in [-0.05, 0) is 42.7 Å². The summed E-state index contributed by atoms with van der Waals surface area (Å²) in [6.07, 6.45) is 7.03. The van der Waals surface area contributed by atoms with E-state index in [0.29, 0.717) is 24.2 Å². The van der Waals surface area contributed by atoms with Gasteiger partial charge in [0.25, 0.3) is 5.56 Å². The van der Waals surface area contributed by atoms with Gasteiger partial charge >= 0.3 is 5.69 Å². The Hall–Kier alpha value is -3.31. The maximum atomic E-state index is 13.2. The van der Waals surface area contributed by atoms with E-state index >= 15 is 0 Å². The highest BCUT2D eigenvalue weighted by atomic mass is 32.2. The highest BCUT2D eigenvalue weighted by Crippen LogP contribution is 2.16. The zero-order valence-corrected chi connectivity index (χ0v) is 19.8. The first-order valence-corrected chi connectivity index (χ1v) is 12.7. The number of carbonyl (C=O) groups is 1. The van der Waals surface area contributed by atoms with Crippen molar-refractivity contribution in [3.63, 3.8) is 0 Å². The SMILES string of the molecule is Cn1c(=O)n(CC(=O)N2CCCCCC2)c(=O)c2cc(S(=O)(=O)NCc3cccnc3)ccc21. The van der Waals surface area contributed by atoms with Crippen LogP contribution in [0.5, 0.6) is 0 Å². The summed E-state index contributed by atoms with van der Waals surface area (Å²) in [5.41, 5.74) is -0.333. The molecule has 180 valence electrons. The molecule has 10 nitrogen and oxygen atoms in total. The summed E-state index contributed by atoms with van der Waals surface area (Å²) in [4.78, 5) is 44.4. The minimum Gasteiger partial charge on any atom is -0.341 e. The predicted octanol–water partition coefficient (Wildman–Crippen LogP) is 0.976. The van der Waals surface area contributed by atoms with Gasteiger partial charge in [-0.25, -0.2) is 17.9 Å². The van der Waals surface area contributed by atoms with Crippen molar-refractivity contribution >= 4 is 26.8 Å². The second-order valence-electron chi connectivity index (χ2n) is 8.39. The molecule has 1 amide bonds. The van der Waals surface area contributed by atoms with Gasteiger partial charge in [0, 0.05) is 39.1 Å². The van der Waals surface area contributed by atoms with Crippen LogP contribution in [0.2, 0.25) is 0 Å². The number of pyridine rings is 1. The summed E-state index contributed by atoms with van der Waals surface area (Å²) in [6.45, 7) is 0.868. The lowest BCUT2D eigenvalue weighted by Crippen LogP contribution is -2.44. The quantitative estimate of drug-likeness (QED) is 0.555. The van der Waals surface area contributed by atoms with Crippen LogP contribution in [0.4, 0.5) is 0 Å². The Labute approximate surface area is 196 Å². The predicted molar refractivity (Wildman–Crippen MR) is 127 cm³/mol. The summed E-state index contributed by atoms with van der Waals surface area (Å²) in [5.74, 6) is -0.289. The molecule has 1 saturated heterocycles. The fourth-order valence-electron chi connectivity index (χ4n) is 4.12. The number of nitrogens with zero attached hydrogens (tertiary/aromatic N) is 4. The molecule has 1 N–H and O–H groups in total. The minimum atomic E-state index is -3.94. The smallest absolute Gasteiger partial charge is 0.331 e. The van der Waals surface area contributed by atoms with Crippen molar-refractivity contribution in [2.45, 2.75) is 43.7 Å². The fourth-order valence-corrected chi connectivity index (χ4v) is 5.17. The number of hydrogen-bond donors (Lipinski definition) is 1. The molecule has 3 aromatic rings. The van der Waals surface area contributed by atoms with Crippen molar-refractivity contribution in [3.8, 4) is 0 Å². The Morgan fingerprint density at radius 1 is 1.09 bits per heavy atom. The number of aryl methyl sites for hydroxylation is 1. The van der Waals surface area contributed by atoms with E-state index in [0.717, 1.165) is 30.3 Å². The standard InChI is InChI=1S/C23H27N5O5S/c1-26-20-9-8-18(34(32,33)25-15-17-7-6-10-24-14-17)13-19(20)22(30)28(23(26)31)16-21(29)27-11-4-2-3-5-12-27/h6-10,13-14,25H,2-5,11-12,15-16H2,1H3. The number of amides is 1. The zero-order chi connectivity index (χ0) is 24.3. The van der Waals surface area contributed by atoms with Crippen LogP contribution < -0.4 is 16.0 Å².